The lowest BCUT2D eigenvalue weighted by molar-refractivity contribution is 0.354. The van der Waals surface area contributed by atoms with Crippen LogP contribution in [0.5, 0.6) is 0 Å². The first-order chi connectivity index (χ1) is 7.88. The Morgan fingerprint density at radius 3 is 1.65 bits per heavy atom. The zero-order chi connectivity index (χ0) is 13.4. The van der Waals surface area contributed by atoms with Crippen molar-refractivity contribution in [2.45, 2.75) is 80.6 Å². The average molecular weight is 238 g/mol. The van der Waals surface area contributed by atoms with Gasteiger partial charge in [-0.05, 0) is 57.3 Å². The SMILES string of the molecule is CCC(C)C(C)CCC(C)=C(C)CCC(C)C. The van der Waals surface area contributed by atoms with Crippen LogP contribution in [0.15, 0.2) is 11.1 Å². The predicted octanol–water partition coefficient (Wildman–Crippen LogP) is 6.22. The van der Waals surface area contributed by atoms with Gasteiger partial charge in [-0.1, -0.05) is 52.2 Å². The van der Waals surface area contributed by atoms with Gasteiger partial charge in [-0.3, -0.25) is 0 Å². The second kappa shape index (κ2) is 8.78. The maximum atomic E-state index is 2.41. The molecule has 102 valence electrons. The van der Waals surface area contributed by atoms with E-state index in [9.17, 15) is 0 Å². The summed E-state index contributed by atoms with van der Waals surface area (Å²) >= 11 is 0. The molecule has 2 unspecified atom stereocenters. The van der Waals surface area contributed by atoms with E-state index in [1.54, 1.807) is 11.1 Å². The summed E-state index contributed by atoms with van der Waals surface area (Å²) in [6.45, 7) is 16.4. The van der Waals surface area contributed by atoms with Crippen LogP contribution in [0.3, 0.4) is 0 Å². The molecule has 17 heavy (non-hydrogen) atoms. The average Bonchev–Trinajstić information content (AvgIpc) is 2.31. The van der Waals surface area contributed by atoms with Gasteiger partial charge in [-0.15, -0.1) is 0 Å². The van der Waals surface area contributed by atoms with Crippen molar-refractivity contribution in [3.8, 4) is 0 Å². The van der Waals surface area contributed by atoms with E-state index in [0.717, 1.165) is 17.8 Å². The van der Waals surface area contributed by atoms with Crippen LogP contribution < -0.4 is 0 Å². The summed E-state index contributed by atoms with van der Waals surface area (Å²) in [6.07, 6.45) is 6.61. The lowest BCUT2D eigenvalue weighted by Gasteiger charge is -2.19. The zero-order valence-corrected chi connectivity index (χ0v) is 13.3. The second-order valence-corrected chi connectivity index (χ2v) is 6.39. The standard InChI is InChI=1S/C17H34/c1-8-14(4)15(5)11-12-17(7)16(6)10-9-13(2)3/h13-15H,8-12H2,1-7H3. The molecule has 0 nitrogen and oxygen atoms in total. The van der Waals surface area contributed by atoms with Crippen LogP contribution >= 0.6 is 0 Å². The molecule has 2 atom stereocenters. The third kappa shape index (κ3) is 7.63. The molecule has 0 aromatic rings. The largest absolute Gasteiger partial charge is 0.0744 e. The number of hydrogen-bond donors (Lipinski definition) is 0. The summed E-state index contributed by atoms with van der Waals surface area (Å²) in [5, 5.41) is 0. The van der Waals surface area contributed by atoms with Crippen LogP contribution in [0, 0.1) is 17.8 Å². The highest BCUT2D eigenvalue weighted by Gasteiger charge is 2.10. The van der Waals surface area contributed by atoms with E-state index in [1.807, 2.05) is 0 Å². The Hall–Kier alpha value is -0.260. The van der Waals surface area contributed by atoms with Gasteiger partial charge in [-0.2, -0.15) is 0 Å². The van der Waals surface area contributed by atoms with Gasteiger partial charge in [0.25, 0.3) is 0 Å². The van der Waals surface area contributed by atoms with Gasteiger partial charge in [0.05, 0.1) is 0 Å². The molecule has 0 aliphatic carbocycles. The molecule has 0 spiro atoms. The van der Waals surface area contributed by atoms with Crippen LogP contribution in [0.2, 0.25) is 0 Å². The number of rotatable bonds is 8. The molecule has 0 aliphatic heterocycles. The monoisotopic (exact) mass is 238 g/mol. The molecule has 0 rings (SSSR count). The normalized spacial score (nSPS) is 16.9. The lowest BCUT2D eigenvalue weighted by atomic mass is 9.87. The van der Waals surface area contributed by atoms with E-state index in [-0.39, 0.29) is 0 Å². The van der Waals surface area contributed by atoms with Crippen molar-refractivity contribution in [1.29, 1.82) is 0 Å². The van der Waals surface area contributed by atoms with Crippen LogP contribution in [0.1, 0.15) is 80.6 Å². The van der Waals surface area contributed by atoms with Crippen molar-refractivity contribution in [3.05, 3.63) is 11.1 Å². The summed E-state index contributed by atoms with van der Waals surface area (Å²) in [4.78, 5) is 0. The van der Waals surface area contributed by atoms with Crippen LogP contribution in [0.4, 0.5) is 0 Å². The molecule has 0 heterocycles. The number of hydrogen-bond acceptors (Lipinski definition) is 0. The quantitative estimate of drug-likeness (QED) is 0.440. The molecule has 0 radical (unpaired) electrons. The van der Waals surface area contributed by atoms with Gasteiger partial charge in [0.2, 0.25) is 0 Å². The van der Waals surface area contributed by atoms with Crippen molar-refractivity contribution in [1.82, 2.24) is 0 Å². The van der Waals surface area contributed by atoms with E-state index in [4.69, 9.17) is 0 Å². The summed E-state index contributed by atoms with van der Waals surface area (Å²) in [5.41, 5.74) is 3.27. The molecular formula is C17H34. The fourth-order valence-corrected chi connectivity index (χ4v) is 2.06. The van der Waals surface area contributed by atoms with Gasteiger partial charge in [0, 0.05) is 0 Å². The predicted molar refractivity (Wildman–Crippen MR) is 80.3 cm³/mol. The summed E-state index contributed by atoms with van der Waals surface area (Å²) < 4.78 is 0. The Morgan fingerprint density at radius 2 is 1.24 bits per heavy atom. The van der Waals surface area contributed by atoms with Gasteiger partial charge < -0.3 is 0 Å². The molecule has 0 heteroatoms. The minimum atomic E-state index is 0.830. The third-order valence-corrected chi connectivity index (χ3v) is 4.42. The number of allylic oxidation sites excluding steroid dienone is 2. The minimum absolute atomic E-state index is 0.830. The van der Waals surface area contributed by atoms with Crippen molar-refractivity contribution in [2.24, 2.45) is 17.8 Å². The Morgan fingerprint density at radius 1 is 0.765 bits per heavy atom. The molecule has 0 aliphatic rings. The highest BCUT2D eigenvalue weighted by Crippen LogP contribution is 2.24. The molecule has 0 saturated carbocycles. The maximum Gasteiger partial charge on any atom is -0.0318 e. The summed E-state index contributed by atoms with van der Waals surface area (Å²) in [5.74, 6) is 2.57. The topological polar surface area (TPSA) is 0 Å². The van der Waals surface area contributed by atoms with E-state index in [2.05, 4.69) is 48.5 Å². The zero-order valence-electron chi connectivity index (χ0n) is 13.3. The second-order valence-electron chi connectivity index (χ2n) is 6.39. The highest BCUT2D eigenvalue weighted by molar-refractivity contribution is 5.09. The molecule has 0 N–H and O–H groups in total. The molecule has 0 aromatic carbocycles. The first-order valence-corrected chi connectivity index (χ1v) is 7.53. The Balaban J connectivity index is 4.05. The fourth-order valence-electron chi connectivity index (χ4n) is 2.06. The fraction of sp³-hybridized carbons (Fsp3) is 0.882. The highest BCUT2D eigenvalue weighted by atomic mass is 14.2. The summed E-state index contributed by atoms with van der Waals surface area (Å²) in [7, 11) is 0. The molecular weight excluding hydrogens is 204 g/mol. The lowest BCUT2D eigenvalue weighted by Crippen LogP contribution is -2.07. The van der Waals surface area contributed by atoms with Gasteiger partial charge in [0.1, 0.15) is 0 Å². The smallest absolute Gasteiger partial charge is 0.0318 e. The molecule has 0 fully saturated rings. The minimum Gasteiger partial charge on any atom is -0.0744 e. The van der Waals surface area contributed by atoms with Crippen LogP contribution in [-0.2, 0) is 0 Å². The molecule has 0 aromatic heterocycles. The van der Waals surface area contributed by atoms with Gasteiger partial charge >= 0.3 is 0 Å². The van der Waals surface area contributed by atoms with Crippen LogP contribution in [-0.4, -0.2) is 0 Å². The van der Waals surface area contributed by atoms with Gasteiger partial charge in [0.15, 0.2) is 0 Å². The van der Waals surface area contributed by atoms with Crippen molar-refractivity contribution in [3.63, 3.8) is 0 Å². The Kier molecular flexibility index (Phi) is 8.64. The van der Waals surface area contributed by atoms with Crippen LogP contribution in [0.25, 0.3) is 0 Å². The third-order valence-electron chi connectivity index (χ3n) is 4.42. The van der Waals surface area contributed by atoms with E-state index in [1.165, 1.54) is 32.1 Å². The van der Waals surface area contributed by atoms with E-state index < -0.39 is 0 Å². The van der Waals surface area contributed by atoms with Crippen molar-refractivity contribution in [2.75, 3.05) is 0 Å². The van der Waals surface area contributed by atoms with Crippen molar-refractivity contribution >= 4 is 0 Å². The van der Waals surface area contributed by atoms with E-state index >= 15 is 0 Å². The molecule has 0 bridgehead atoms. The maximum absolute atomic E-state index is 2.41. The van der Waals surface area contributed by atoms with Crippen molar-refractivity contribution < 1.29 is 0 Å². The molecule has 0 amide bonds. The van der Waals surface area contributed by atoms with E-state index in [0.29, 0.717) is 0 Å². The first-order valence-electron chi connectivity index (χ1n) is 7.53. The Bertz CT molecular complexity index is 222. The first kappa shape index (κ1) is 16.7. The Labute approximate surface area is 110 Å². The summed E-state index contributed by atoms with van der Waals surface area (Å²) in [6, 6.07) is 0. The molecule has 0 saturated heterocycles. The van der Waals surface area contributed by atoms with Gasteiger partial charge in [-0.25, -0.2) is 0 Å².